The lowest BCUT2D eigenvalue weighted by Crippen LogP contribution is -2.45. The molecule has 0 saturated carbocycles. The number of pyridine rings is 1. The van der Waals surface area contributed by atoms with Gasteiger partial charge >= 0.3 is 5.97 Å². The SMILES string of the molecule is CN(C)c1ccc(CN2C[C@@H]3c4ccccc4OC[C@]3(C(=O)O)C2)cn1. The Morgan fingerprint density at radius 2 is 2.15 bits per heavy atom. The van der Waals surface area contributed by atoms with Crippen LogP contribution in [0.15, 0.2) is 42.6 Å². The first kappa shape index (κ1) is 16.8. The Bertz CT molecular complexity index is 821. The number of hydrogen-bond donors (Lipinski definition) is 1. The lowest BCUT2D eigenvalue weighted by atomic mass is 9.73. The van der Waals surface area contributed by atoms with E-state index in [2.05, 4.69) is 16.0 Å². The molecule has 0 aliphatic carbocycles. The second-order valence-electron chi connectivity index (χ2n) is 7.43. The number of aliphatic carboxylic acids is 1. The smallest absolute Gasteiger partial charge is 0.315 e. The standard InChI is InChI=1S/C20H23N3O3/c1-22(2)18-8-7-14(9-21-18)10-23-11-16-15-5-3-4-6-17(15)26-13-20(16,12-23)19(24)25/h3-9,16H,10-13H2,1-2H3,(H,24,25)/t16-,20-/m1/s1. The van der Waals surface area contributed by atoms with Gasteiger partial charge in [0.2, 0.25) is 0 Å². The van der Waals surface area contributed by atoms with Gasteiger partial charge in [-0.2, -0.15) is 0 Å². The molecule has 6 heteroatoms. The van der Waals surface area contributed by atoms with E-state index in [-0.39, 0.29) is 12.5 Å². The maximum Gasteiger partial charge on any atom is 0.315 e. The Labute approximate surface area is 153 Å². The van der Waals surface area contributed by atoms with Crippen LogP contribution in [-0.2, 0) is 11.3 Å². The number of para-hydroxylation sites is 1. The van der Waals surface area contributed by atoms with E-state index >= 15 is 0 Å². The van der Waals surface area contributed by atoms with Crippen molar-refractivity contribution in [1.29, 1.82) is 0 Å². The number of carbonyl (C=O) groups is 1. The van der Waals surface area contributed by atoms with Crippen LogP contribution in [0, 0.1) is 5.41 Å². The molecule has 4 rings (SSSR count). The second-order valence-corrected chi connectivity index (χ2v) is 7.43. The number of carboxylic acids is 1. The van der Waals surface area contributed by atoms with E-state index in [4.69, 9.17) is 4.74 Å². The maximum absolute atomic E-state index is 12.2. The number of ether oxygens (including phenoxy) is 1. The molecule has 0 unspecified atom stereocenters. The van der Waals surface area contributed by atoms with Crippen LogP contribution in [-0.4, -0.2) is 54.8 Å². The third-order valence-electron chi connectivity index (χ3n) is 5.49. The van der Waals surface area contributed by atoms with E-state index in [1.54, 1.807) is 0 Å². The van der Waals surface area contributed by atoms with Crippen LogP contribution < -0.4 is 9.64 Å². The highest BCUT2D eigenvalue weighted by atomic mass is 16.5. The number of likely N-dealkylation sites (tertiary alicyclic amines) is 1. The van der Waals surface area contributed by atoms with Gasteiger partial charge in [0.1, 0.15) is 23.6 Å². The fourth-order valence-corrected chi connectivity index (χ4v) is 4.09. The average Bonchev–Trinajstić information content (AvgIpc) is 3.02. The molecule has 1 aromatic heterocycles. The minimum Gasteiger partial charge on any atom is -0.492 e. The Morgan fingerprint density at radius 1 is 1.35 bits per heavy atom. The number of carboxylic acid groups (broad SMARTS) is 1. The normalized spacial score (nSPS) is 24.5. The van der Waals surface area contributed by atoms with E-state index in [1.807, 2.05) is 55.5 Å². The summed E-state index contributed by atoms with van der Waals surface area (Å²) < 4.78 is 5.82. The fourth-order valence-electron chi connectivity index (χ4n) is 4.09. The van der Waals surface area contributed by atoms with Gasteiger partial charge in [0.15, 0.2) is 0 Å². The molecule has 1 N–H and O–H groups in total. The lowest BCUT2D eigenvalue weighted by molar-refractivity contribution is -0.151. The van der Waals surface area contributed by atoms with Gasteiger partial charge in [-0.25, -0.2) is 4.98 Å². The second kappa shape index (κ2) is 6.29. The molecule has 6 nitrogen and oxygen atoms in total. The number of benzene rings is 1. The zero-order valence-corrected chi connectivity index (χ0v) is 15.1. The third-order valence-corrected chi connectivity index (χ3v) is 5.49. The van der Waals surface area contributed by atoms with Crippen molar-refractivity contribution in [1.82, 2.24) is 9.88 Å². The van der Waals surface area contributed by atoms with Gasteiger partial charge in [-0.05, 0) is 23.3 Å². The van der Waals surface area contributed by atoms with Crippen LogP contribution in [0.25, 0.3) is 0 Å². The summed E-state index contributed by atoms with van der Waals surface area (Å²) in [6.45, 7) is 2.10. The monoisotopic (exact) mass is 353 g/mol. The topological polar surface area (TPSA) is 65.9 Å². The molecule has 2 aromatic rings. The van der Waals surface area contributed by atoms with Crippen LogP contribution in [0.2, 0.25) is 0 Å². The molecule has 0 spiro atoms. The van der Waals surface area contributed by atoms with E-state index < -0.39 is 11.4 Å². The number of aromatic nitrogens is 1. The van der Waals surface area contributed by atoms with Crippen molar-refractivity contribution in [3.8, 4) is 5.75 Å². The molecule has 2 atom stereocenters. The van der Waals surface area contributed by atoms with Crippen molar-refractivity contribution in [2.45, 2.75) is 12.5 Å². The molecule has 2 aliphatic heterocycles. The zero-order chi connectivity index (χ0) is 18.3. The van der Waals surface area contributed by atoms with Crippen LogP contribution in [0.3, 0.4) is 0 Å². The van der Waals surface area contributed by atoms with Crippen LogP contribution in [0.5, 0.6) is 5.75 Å². The van der Waals surface area contributed by atoms with Crippen LogP contribution >= 0.6 is 0 Å². The lowest BCUT2D eigenvalue weighted by Gasteiger charge is -2.35. The quantitative estimate of drug-likeness (QED) is 0.909. The maximum atomic E-state index is 12.2. The molecule has 136 valence electrons. The van der Waals surface area contributed by atoms with Crippen molar-refractivity contribution < 1.29 is 14.6 Å². The number of nitrogens with zero attached hydrogens (tertiary/aromatic N) is 3. The van der Waals surface area contributed by atoms with Gasteiger partial charge in [-0.15, -0.1) is 0 Å². The van der Waals surface area contributed by atoms with E-state index in [1.165, 1.54) is 0 Å². The van der Waals surface area contributed by atoms with Crippen molar-refractivity contribution in [2.75, 3.05) is 38.7 Å². The first-order valence-electron chi connectivity index (χ1n) is 8.79. The predicted octanol–water partition coefficient (Wildman–Crippen LogP) is 2.21. The molecule has 3 heterocycles. The van der Waals surface area contributed by atoms with Crippen LogP contribution in [0.4, 0.5) is 5.82 Å². The number of anilines is 1. The summed E-state index contributed by atoms with van der Waals surface area (Å²) in [4.78, 5) is 20.8. The van der Waals surface area contributed by atoms with Gasteiger partial charge in [-0.3, -0.25) is 9.69 Å². The van der Waals surface area contributed by atoms with Gasteiger partial charge in [0.25, 0.3) is 0 Å². The summed E-state index contributed by atoms with van der Waals surface area (Å²) in [7, 11) is 3.92. The van der Waals surface area contributed by atoms with Crippen molar-refractivity contribution in [2.24, 2.45) is 5.41 Å². The molecule has 0 bridgehead atoms. The fraction of sp³-hybridized carbons (Fsp3) is 0.400. The van der Waals surface area contributed by atoms with Gasteiger partial charge < -0.3 is 14.7 Å². The summed E-state index contributed by atoms with van der Waals surface area (Å²) in [5.74, 6) is 0.890. The number of rotatable bonds is 4. The number of fused-ring (bicyclic) bond motifs is 3. The third kappa shape index (κ3) is 2.70. The van der Waals surface area contributed by atoms with Gasteiger partial charge in [0, 0.05) is 45.8 Å². The number of hydrogen-bond acceptors (Lipinski definition) is 5. The summed E-state index contributed by atoms with van der Waals surface area (Å²) in [6.07, 6.45) is 1.87. The zero-order valence-electron chi connectivity index (χ0n) is 15.1. The minimum absolute atomic E-state index is 0.0565. The Morgan fingerprint density at radius 3 is 2.85 bits per heavy atom. The Balaban J connectivity index is 1.59. The average molecular weight is 353 g/mol. The van der Waals surface area contributed by atoms with Gasteiger partial charge in [-0.1, -0.05) is 24.3 Å². The predicted molar refractivity (Wildman–Crippen MR) is 98.6 cm³/mol. The van der Waals surface area contributed by atoms with Crippen molar-refractivity contribution in [3.05, 3.63) is 53.7 Å². The highest BCUT2D eigenvalue weighted by molar-refractivity contribution is 5.78. The summed E-state index contributed by atoms with van der Waals surface area (Å²) >= 11 is 0. The van der Waals surface area contributed by atoms with Gasteiger partial charge in [0.05, 0.1) is 0 Å². The highest BCUT2D eigenvalue weighted by Crippen LogP contribution is 2.49. The molecular weight excluding hydrogens is 330 g/mol. The summed E-state index contributed by atoms with van der Waals surface area (Å²) in [5, 5.41) is 9.98. The first-order valence-corrected chi connectivity index (χ1v) is 8.79. The highest BCUT2D eigenvalue weighted by Gasteiger charge is 2.56. The van der Waals surface area contributed by atoms with Crippen LogP contribution in [0.1, 0.15) is 17.0 Å². The molecule has 0 amide bonds. The Kier molecular flexibility index (Phi) is 4.07. The summed E-state index contributed by atoms with van der Waals surface area (Å²) in [6, 6.07) is 11.8. The largest absolute Gasteiger partial charge is 0.492 e. The van der Waals surface area contributed by atoms with E-state index in [0.29, 0.717) is 19.6 Å². The van der Waals surface area contributed by atoms with E-state index in [9.17, 15) is 9.90 Å². The molecule has 1 aromatic carbocycles. The molecule has 26 heavy (non-hydrogen) atoms. The molecular formula is C20H23N3O3. The molecule has 0 radical (unpaired) electrons. The minimum atomic E-state index is -0.884. The molecule has 1 fully saturated rings. The Hall–Kier alpha value is -2.60. The molecule has 1 saturated heterocycles. The first-order chi connectivity index (χ1) is 12.5. The van der Waals surface area contributed by atoms with Crippen molar-refractivity contribution in [3.63, 3.8) is 0 Å². The molecule has 2 aliphatic rings. The van der Waals surface area contributed by atoms with E-state index in [0.717, 1.165) is 22.7 Å². The van der Waals surface area contributed by atoms with Crippen molar-refractivity contribution >= 4 is 11.8 Å². The summed E-state index contributed by atoms with van der Waals surface area (Å²) in [5.41, 5.74) is 1.21.